The highest BCUT2D eigenvalue weighted by atomic mass is 16.2. The van der Waals surface area contributed by atoms with E-state index in [2.05, 4.69) is 10.6 Å². The van der Waals surface area contributed by atoms with E-state index in [1.54, 1.807) is 0 Å². The second-order valence-electron chi connectivity index (χ2n) is 4.58. The zero-order chi connectivity index (χ0) is 10.7. The van der Waals surface area contributed by atoms with Crippen molar-refractivity contribution in [3.05, 3.63) is 0 Å². The molecule has 2 fully saturated rings. The van der Waals surface area contributed by atoms with E-state index in [0.29, 0.717) is 5.92 Å². The lowest BCUT2D eigenvalue weighted by molar-refractivity contribution is -0.134. The first-order valence-electron chi connectivity index (χ1n) is 5.83. The standard InChI is InChI=1S/C11H18N2O2/c14-10-7-12-11(15)9(13-10)6-8-4-2-1-3-5-8/h8-9H,1-7H2,(H,12,15)(H,13,14). The molecule has 2 rings (SSSR count). The molecule has 0 bridgehead atoms. The quantitative estimate of drug-likeness (QED) is 0.700. The Balaban J connectivity index is 1.85. The Hall–Kier alpha value is -1.06. The highest BCUT2D eigenvalue weighted by molar-refractivity contribution is 5.94. The van der Waals surface area contributed by atoms with Gasteiger partial charge in [0.1, 0.15) is 6.04 Å². The summed E-state index contributed by atoms with van der Waals surface area (Å²) in [6.45, 7) is 0.139. The molecule has 1 heterocycles. The van der Waals surface area contributed by atoms with E-state index in [4.69, 9.17) is 0 Å². The fourth-order valence-electron chi connectivity index (χ4n) is 2.52. The Morgan fingerprint density at radius 3 is 2.60 bits per heavy atom. The van der Waals surface area contributed by atoms with Gasteiger partial charge in [0.05, 0.1) is 6.54 Å². The van der Waals surface area contributed by atoms with E-state index in [1.807, 2.05) is 0 Å². The van der Waals surface area contributed by atoms with Crippen molar-refractivity contribution in [2.75, 3.05) is 6.54 Å². The Morgan fingerprint density at radius 1 is 1.13 bits per heavy atom. The Morgan fingerprint density at radius 2 is 1.87 bits per heavy atom. The molecule has 1 unspecified atom stereocenters. The number of rotatable bonds is 2. The lowest BCUT2D eigenvalue weighted by Crippen LogP contribution is -2.56. The zero-order valence-electron chi connectivity index (χ0n) is 8.92. The maximum Gasteiger partial charge on any atom is 0.243 e. The van der Waals surface area contributed by atoms with Gasteiger partial charge in [-0.1, -0.05) is 32.1 Å². The lowest BCUT2D eigenvalue weighted by Gasteiger charge is -2.28. The predicted octanol–water partition coefficient (Wildman–Crippen LogP) is 0.571. The van der Waals surface area contributed by atoms with Gasteiger partial charge in [-0.2, -0.15) is 0 Å². The van der Waals surface area contributed by atoms with Crippen molar-refractivity contribution in [2.24, 2.45) is 5.92 Å². The second-order valence-corrected chi connectivity index (χ2v) is 4.58. The highest BCUT2D eigenvalue weighted by Crippen LogP contribution is 2.27. The smallest absolute Gasteiger partial charge is 0.243 e. The van der Waals surface area contributed by atoms with Gasteiger partial charge in [-0.3, -0.25) is 9.59 Å². The topological polar surface area (TPSA) is 58.2 Å². The van der Waals surface area contributed by atoms with E-state index in [0.717, 1.165) is 6.42 Å². The molecule has 84 valence electrons. The van der Waals surface area contributed by atoms with Gasteiger partial charge in [-0.15, -0.1) is 0 Å². The molecule has 1 aliphatic heterocycles. The average Bonchev–Trinajstić information content (AvgIpc) is 2.25. The third-order valence-corrected chi connectivity index (χ3v) is 3.37. The van der Waals surface area contributed by atoms with Crippen LogP contribution in [-0.4, -0.2) is 24.4 Å². The number of nitrogens with one attached hydrogen (secondary N) is 2. The van der Waals surface area contributed by atoms with Gasteiger partial charge >= 0.3 is 0 Å². The molecule has 15 heavy (non-hydrogen) atoms. The largest absolute Gasteiger partial charge is 0.345 e. The normalized spacial score (nSPS) is 28.4. The van der Waals surface area contributed by atoms with Crippen LogP contribution in [0.2, 0.25) is 0 Å². The van der Waals surface area contributed by atoms with Crippen molar-refractivity contribution in [1.29, 1.82) is 0 Å². The molecule has 0 aromatic heterocycles. The van der Waals surface area contributed by atoms with E-state index >= 15 is 0 Å². The predicted molar refractivity (Wildman–Crippen MR) is 56.1 cm³/mol. The number of amides is 2. The van der Waals surface area contributed by atoms with Gasteiger partial charge in [0, 0.05) is 0 Å². The fourth-order valence-corrected chi connectivity index (χ4v) is 2.52. The molecular formula is C11H18N2O2. The van der Waals surface area contributed by atoms with Crippen LogP contribution < -0.4 is 10.6 Å². The molecular weight excluding hydrogens is 192 g/mol. The van der Waals surface area contributed by atoms with Gasteiger partial charge in [0.15, 0.2) is 0 Å². The molecule has 1 saturated carbocycles. The molecule has 0 aromatic carbocycles. The third-order valence-electron chi connectivity index (χ3n) is 3.37. The number of carbonyl (C=O) groups excluding carboxylic acids is 2. The molecule has 4 nitrogen and oxygen atoms in total. The van der Waals surface area contributed by atoms with Crippen molar-refractivity contribution in [2.45, 2.75) is 44.6 Å². The molecule has 0 radical (unpaired) electrons. The monoisotopic (exact) mass is 210 g/mol. The minimum Gasteiger partial charge on any atom is -0.345 e. The number of piperazine rings is 1. The third kappa shape index (κ3) is 2.70. The molecule has 2 aliphatic rings. The van der Waals surface area contributed by atoms with Crippen molar-refractivity contribution in [1.82, 2.24) is 10.6 Å². The number of carbonyl (C=O) groups is 2. The van der Waals surface area contributed by atoms with Crippen molar-refractivity contribution < 1.29 is 9.59 Å². The van der Waals surface area contributed by atoms with Crippen LogP contribution in [0.3, 0.4) is 0 Å². The van der Waals surface area contributed by atoms with Crippen molar-refractivity contribution in [3.63, 3.8) is 0 Å². The molecule has 1 aliphatic carbocycles. The Labute approximate surface area is 89.8 Å². The van der Waals surface area contributed by atoms with Crippen LogP contribution in [0.4, 0.5) is 0 Å². The van der Waals surface area contributed by atoms with Gasteiger partial charge < -0.3 is 10.6 Å². The summed E-state index contributed by atoms with van der Waals surface area (Å²) >= 11 is 0. The van der Waals surface area contributed by atoms with Crippen molar-refractivity contribution >= 4 is 11.8 Å². The summed E-state index contributed by atoms with van der Waals surface area (Å²) in [5, 5.41) is 5.38. The van der Waals surface area contributed by atoms with Crippen LogP contribution in [0, 0.1) is 5.92 Å². The summed E-state index contributed by atoms with van der Waals surface area (Å²) in [5.41, 5.74) is 0. The minimum absolute atomic E-state index is 0.0137. The van der Waals surface area contributed by atoms with Gasteiger partial charge in [-0.05, 0) is 12.3 Å². The highest BCUT2D eigenvalue weighted by Gasteiger charge is 2.28. The molecule has 2 amide bonds. The SMILES string of the molecule is O=C1CNC(=O)C(CC2CCCCC2)N1. The molecule has 4 heteroatoms. The Kier molecular flexibility index (Phi) is 3.23. The van der Waals surface area contributed by atoms with Crippen LogP contribution in [0.25, 0.3) is 0 Å². The summed E-state index contributed by atoms with van der Waals surface area (Å²) in [7, 11) is 0. The second kappa shape index (κ2) is 4.64. The Bertz CT molecular complexity index is 259. The summed E-state index contributed by atoms with van der Waals surface area (Å²) in [6, 6.07) is -0.283. The molecule has 1 atom stereocenters. The first-order chi connectivity index (χ1) is 7.25. The van der Waals surface area contributed by atoms with Gasteiger partial charge in [0.2, 0.25) is 11.8 Å². The maximum absolute atomic E-state index is 11.5. The summed E-state index contributed by atoms with van der Waals surface area (Å²) in [6.07, 6.45) is 7.09. The molecule has 0 aromatic rings. The first-order valence-corrected chi connectivity index (χ1v) is 5.83. The number of hydrogen-bond acceptors (Lipinski definition) is 2. The van der Waals surface area contributed by atoms with E-state index < -0.39 is 0 Å². The van der Waals surface area contributed by atoms with Crippen LogP contribution in [-0.2, 0) is 9.59 Å². The minimum atomic E-state index is -0.283. The van der Waals surface area contributed by atoms with E-state index in [-0.39, 0.29) is 24.4 Å². The summed E-state index contributed by atoms with van der Waals surface area (Å²) in [4.78, 5) is 22.6. The lowest BCUT2D eigenvalue weighted by atomic mass is 9.84. The van der Waals surface area contributed by atoms with Crippen LogP contribution in [0.1, 0.15) is 38.5 Å². The zero-order valence-corrected chi connectivity index (χ0v) is 8.92. The van der Waals surface area contributed by atoms with Gasteiger partial charge in [0.25, 0.3) is 0 Å². The summed E-state index contributed by atoms with van der Waals surface area (Å²) in [5.74, 6) is 0.545. The molecule has 2 N–H and O–H groups in total. The molecule has 0 spiro atoms. The van der Waals surface area contributed by atoms with E-state index in [9.17, 15) is 9.59 Å². The van der Waals surface area contributed by atoms with Crippen LogP contribution in [0.5, 0.6) is 0 Å². The van der Waals surface area contributed by atoms with Gasteiger partial charge in [-0.25, -0.2) is 0 Å². The van der Waals surface area contributed by atoms with Crippen molar-refractivity contribution in [3.8, 4) is 0 Å². The van der Waals surface area contributed by atoms with Crippen LogP contribution in [0.15, 0.2) is 0 Å². The average molecular weight is 210 g/mol. The maximum atomic E-state index is 11.5. The molecule has 1 saturated heterocycles. The van der Waals surface area contributed by atoms with E-state index in [1.165, 1.54) is 32.1 Å². The fraction of sp³-hybridized carbons (Fsp3) is 0.818. The number of hydrogen-bond donors (Lipinski definition) is 2. The van der Waals surface area contributed by atoms with Crippen LogP contribution >= 0.6 is 0 Å². The summed E-state index contributed by atoms with van der Waals surface area (Å²) < 4.78 is 0. The first kappa shape index (κ1) is 10.5.